The molecule has 2 heterocycles. The molecule has 7 heteroatoms. The minimum Gasteiger partial charge on any atom is -0.384 e. The smallest absolute Gasteiger partial charge is 0.203 e. The van der Waals surface area contributed by atoms with Gasteiger partial charge in [0.2, 0.25) is 9.84 Å². The number of fused-ring (bicyclic) bond motifs is 1. The Morgan fingerprint density at radius 2 is 1.92 bits per heavy atom. The van der Waals surface area contributed by atoms with Crippen LogP contribution in [-0.2, 0) is 16.3 Å². The predicted molar refractivity (Wildman–Crippen MR) is 96.2 cm³/mol. The Kier molecular flexibility index (Phi) is 4.13. The summed E-state index contributed by atoms with van der Waals surface area (Å²) >= 11 is 0. The summed E-state index contributed by atoms with van der Waals surface area (Å²) in [6.07, 6.45) is 0.863. The standard InChI is InChI=1S/C18H20FN3O2S/c19-14-4-1-2-7-17(14)25(23,24)18-12-20-10-11-22(18)16-6-3-5-15-13(16)8-9-21-15/h1-7,18,20-21H,8-12H2. The number of benzene rings is 2. The molecule has 0 spiro atoms. The molecule has 1 fully saturated rings. The topological polar surface area (TPSA) is 61.4 Å². The molecule has 2 aromatic rings. The van der Waals surface area contributed by atoms with E-state index in [9.17, 15) is 12.8 Å². The third-order valence-corrected chi connectivity index (χ3v) is 6.93. The average molecular weight is 361 g/mol. The van der Waals surface area contributed by atoms with E-state index in [0.717, 1.165) is 29.9 Å². The summed E-state index contributed by atoms with van der Waals surface area (Å²) in [4.78, 5) is 1.67. The summed E-state index contributed by atoms with van der Waals surface area (Å²) < 4.78 is 40.5. The predicted octanol–water partition coefficient (Wildman–Crippen LogP) is 2.00. The van der Waals surface area contributed by atoms with Crippen molar-refractivity contribution in [1.82, 2.24) is 5.32 Å². The van der Waals surface area contributed by atoms with Crippen molar-refractivity contribution in [3.05, 3.63) is 53.8 Å². The second-order valence-electron chi connectivity index (χ2n) is 6.31. The van der Waals surface area contributed by atoms with Crippen molar-refractivity contribution in [2.45, 2.75) is 16.7 Å². The van der Waals surface area contributed by atoms with Crippen LogP contribution in [0.4, 0.5) is 15.8 Å². The van der Waals surface area contributed by atoms with Gasteiger partial charge in [0.1, 0.15) is 16.1 Å². The molecule has 2 aliphatic heterocycles. The molecule has 0 saturated carbocycles. The highest BCUT2D eigenvalue weighted by Crippen LogP contribution is 2.35. The van der Waals surface area contributed by atoms with Gasteiger partial charge in [-0.15, -0.1) is 0 Å². The average Bonchev–Trinajstić information content (AvgIpc) is 3.10. The molecule has 132 valence electrons. The largest absolute Gasteiger partial charge is 0.384 e. The van der Waals surface area contributed by atoms with Crippen LogP contribution in [0.3, 0.4) is 0 Å². The van der Waals surface area contributed by atoms with E-state index < -0.39 is 21.0 Å². The van der Waals surface area contributed by atoms with Gasteiger partial charge in [-0.25, -0.2) is 12.8 Å². The number of piperazine rings is 1. The lowest BCUT2D eigenvalue weighted by Crippen LogP contribution is -2.55. The summed E-state index contributed by atoms with van der Waals surface area (Å²) in [6.45, 7) is 2.38. The van der Waals surface area contributed by atoms with Crippen molar-refractivity contribution < 1.29 is 12.8 Å². The second-order valence-corrected chi connectivity index (χ2v) is 8.38. The zero-order chi connectivity index (χ0) is 17.4. The van der Waals surface area contributed by atoms with E-state index in [0.29, 0.717) is 13.1 Å². The van der Waals surface area contributed by atoms with Gasteiger partial charge in [0.15, 0.2) is 0 Å². The van der Waals surface area contributed by atoms with Gasteiger partial charge in [0.25, 0.3) is 0 Å². The highest BCUT2D eigenvalue weighted by Gasteiger charge is 2.37. The monoisotopic (exact) mass is 361 g/mol. The first kappa shape index (κ1) is 16.4. The Balaban J connectivity index is 1.78. The van der Waals surface area contributed by atoms with Gasteiger partial charge in [-0.3, -0.25) is 0 Å². The van der Waals surface area contributed by atoms with Gasteiger partial charge in [-0.1, -0.05) is 18.2 Å². The molecule has 0 bridgehead atoms. The second kappa shape index (κ2) is 6.31. The molecule has 1 atom stereocenters. The Bertz CT molecular complexity index is 901. The first-order valence-electron chi connectivity index (χ1n) is 8.40. The third-order valence-electron chi connectivity index (χ3n) is 4.85. The maximum Gasteiger partial charge on any atom is 0.203 e. The Morgan fingerprint density at radius 3 is 2.76 bits per heavy atom. The number of rotatable bonds is 3. The fourth-order valence-corrected chi connectivity index (χ4v) is 5.44. The SMILES string of the molecule is O=S(=O)(c1ccccc1F)C1CNCCN1c1cccc2c1CCN2. The molecule has 5 nitrogen and oxygen atoms in total. The van der Waals surface area contributed by atoms with Crippen LogP contribution in [0.15, 0.2) is 47.4 Å². The first-order chi connectivity index (χ1) is 12.1. The molecule has 0 aromatic heterocycles. The van der Waals surface area contributed by atoms with Gasteiger partial charge in [-0.05, 0) is 30.7 Å². The van der Waals surface area contributed by atoms with Crippen LogP contribution >= 0.6 is 0 Å². The van der Waals surface area contributed by atoms with Gasteiger partial charge >= 0.3 is 0 Å². The molecule has 2 aromatic carbocycles. The summed E-state index contributed by atoms with van der Waals surface area (Å²) in [5.74, 6) is -0.701. The normalized spacial score (nSPS) is 20.2. The summed E-state index contributed by atoms with van der Waals surface area (Å²) in [5, 5.41) is 5.63. The summed E-state index contributed by atoms with van der Waals surface area (Å²) in [6, 6.07) is 11.5. The summed E-state index contributed by atoms with van der Waals surface area (Å²) in [5.41, 5.74) is 3.12. The minimum absolute atomic E-state index is 0.237. The van der Waals surface area contributed by atoms with E-state index >= 15 is 0 Å². The molecule has 25 heavy (non-hydrogen) atoms. The maximum atomic E-state index is 14.2. The molecule has 4 rings (SSSR count). The number of sulfone groups is 1. The van der Waals surface area contributed by atoms with Crippen LogP contribution in [0.1, 0.15) is 5.56 Å². The summed E-state index contributed by atoms with van der Waals surface area (Å²) in [7, 11) is -3.84. The fourth-order valence-electron chi connectivity index (χ4n) is 3.65. The van der Waals surface area contributed by atoms with Gasteiger partial charge in [0, 0.05) is 43.1 Å². The van der Waals surface area contributed by atoms with Gasteiger partial charge in [-0.2, -0.15) is 0 Å². The number of hydrogen-bond donors (Lipinski definition) is 2. The minimum atomic E-state index is -3.84. The van der Waals surface area contributed by atoms with Crippen LogP contribution in [0, 0.1) is 5.82 Å². The van der Waals surface area contributed by atoms with E-state index in [1.54, 1.807) is 6.07 Å². The highest BCUT2D eigenvalue weighted by molar-refractivity contribution is 7.92. The Morgan fingerprint density at radius 1 is 1.08 bits per heavy atom. The van der Waals surface area contributed by atoms with Crippen LogP contribution in [0.2, 0.25) is 0 Å². The zero-order valence-corrected chi connectivity index (χ0v) is 14.5. The molecule has 0 radical (unpaired) electrons. The number of halogens is 1. The van der Waals surface area contributed by atoms with Crippen molar-refractivity contribution in [3.8, 4) is 0 Å². The highest BCUT2D eigenvalue weighted by atomic mass is 32.2. The molecular weight excluding hydrogens is 341 g/mol. The van der Waals surface area contributed by atoms with Crippen molar-refractivity contribution in [2.75, 3.05) is 36.4 Å². The van der Waals surface area contributed by atoms with Crippen LogP contribution in [0.25, 0.3) is 0 Å². The van der Waals surface area contributed by atoms with E-state index in [1.165, 1.54) is 18.2 Å². The number of hydrogen-bond acceptors (Lipinski definition) is 5. The molecule has 0 amide bonds. The number of nitrogens with one attached hydrogen (secondary N) is 2. The van der Waals surface area contributed by atoms with E-state index in [2.05, 4.69) is 10.6 Å². The zero-order valence-electron chi connectivity index (χ0n) is 13.7. The molecule has 2 aliphatic rings. The first-order valence-corrected chi connectivity index (χ1v) is 9.95. The lowest BCUT2D eigenvalue weighted by Gasteiger charge is -2.38. The van der Waals surface area contributed by atoms with Crippen LogP contribution in [-0.4, -0.2) is 40.0 Å². The quantitative estimate of drug-likeness (QED) is 0.876. The van der Waals surface area contributed by atoms with Gasteiger partial charge < -0.3 is 15.5 Å². The fraction of sp³-hybridized carbons (Fsp3) is 0.333. The van der Waals surface area contributed by atoms with Crippen LogP contribution in [0.5, 0.6) is 0 Å². The van der Waals surface area contributed by atoms with Gasteiger partial charge in [0.05, 0.1) is 0 Å². The van der Waals surface area contributed by atoms with E-state index in [-0.39, 0.29) is 11.4 Å². The lowest BCUT2D eigenvalue weighted by molar-refractivity contribution is 0.510. The van der Waals surface area contributed by atoms with E-state index in [4.69, 9.17) is 0 Å². The Hall–Kier alpha value is -2.12. The lowest BCUT2D eigenvalue weighted by atomic mass is 10.1. The van der Waals surface area contributed by atoms with E-state index in [1.807, 2.05) is 23.1 Å². The number of anilines is 2. The molecule has 2 N–H and O–H groups in total. The maximum absolute atomic E-state index is 14.2. The number of nitrogens with zero attached hydrogens (tertiary/aromatic N) is 1. The van der Waals surface area contributed by atoms with Crippen molar-refractivity contribution in [1.29, 1.82) is 0 Å². The van der Waals surface area contributed by atoms with Crippen LogP contribution < -0.4 is 15.5 Å². The molecule has 1 saturated heterocycles. The van der Waals surface area contributed by atoms with Crippen molar-refractivity contribution >= 4 is 21.2 Å². The van der Waals surface area contributed by atoms with Crippen molar-refractivity contribution in [2.24, 2.45) is 0 Å². The Labute approximate surface area is 146 Å². The van der Waals surface area contributed by atoms with Crippen molar-refractivity contribution in [3.63, 3.8) is 0 Å². The molecule has 1 unspecified atom stereocenters. The molecule has 0 aliphatic carbocycles. The molecular formula is C18H20FN3O2S. The third kappa shape index (κ3) is 2.77.